The minimum atomic E-state index is 0. The van der Waals surface area contributed by atoms with Gasteiger partial charge in [-0.2, -0.15) is 0 Å². The topological polar surface area (TPSA) is 61.8 Å². The van der Waals surface area contributed by atoms with Crippen LogP contribution in [0.3, 0.4) is 0 Å². The van der Waals surface area contributed by atoms with Crippen molar-refractivity contribution in [3.05, 3.63) is 23.9 Å². The molecule has 1 fully saturated rings. The van der Waals surface area contributed by atoms with Crippen LogP contribution in [0.1, 0.15) is 32.8 Å². The van der Waals surface area contributed by atoms with Gasteiger partial charge in [-0.1, -0.05) is 13.0 Å². The number of ether oxygens (including phenoxy) is 1. The number of hydrogen-bond donors (Lipinski definition) is 2. The average Bonchev–Trinajstić information content (AvgIpc) is 2.58. The number of hydrogen-bond acceptors (Lipinski definition) is 4. The lowest BCUT2D eigenvalue weighted by atomic mass is 10.2. The number of aliphatic imine (C=N–C) groups is 1. The molecule has 0 aromatic carbocycles. The van der Waals surface area contributed by atoms with Crippen LogP contribution < -0.4 is 15.5 Å². The third-order valence-electron chi connectivity index (χ3n) is 3.68. The van der Waals surface area contributed by atoms with Crippen LogP contribution in [0.25, 0.3) is 0 Å². The summed E-state index contributed by atoms with van der Waals surface area (Å²) in [6.07, 6.45) is 3.27. The quantitative estimate of drug-likeness (QED) is 0.399. The Morgan fingerprint density at radius 2 is 2.21 bits per heavy atom. The molecule has 0 aliphatic carbocycles. The van der Waals surface area contributed by atoms with Gasteiger partial charge in [0.2, 0.25) is 0 Å². The molecule has 2 N–H and O–H groups in total. The predicted octanol–water partition coefficient (Wildman–Crippen LogP) is 2.39. The van der Waals surface area contributed by atoms with E-state index in [0.717, 1.165) is 56.5 Å². The van der Waals surface area contributed by atoms with Crippen molar-refractivity contribution >= 4 is 35.8 Å². The molecule has 1 aromatic rings. The lowest BCUT2D eigenvalue weighted by molar-refractivity contribution is 0.0529. The molecule has 1 unspecified atom stereocenters. The van der Waals surface area contributed by atoms with Gasteiger partial charge < -0.3 is 20.3 Å². The summed E-state index contributed by atoms with van der Waals surface area (Å²) < 4.78 is 5.57. The summed E-state index contributed by atoms with van der Waals surface area (Å²) in [6, 6.07) is 4.19. The fraction of sp³-hybridized carbons (Fsp3) is 0.647. The molecule has 0 bridgehead atoms. The van der Waals surface area contributed by atoms with Crippen LogP contribution in [0.4, 0.5) is 5.82 Å². The van der Waals surface area contributed by atoms with E-state index in [9.17, 15) is 0 Å². The molecule has 1 aromatic heterocycles. The van der Waals surface area contributed by atoms with Crippen LogP contribution in [-0.4, -0.2) is 49.8 Å². The van der Waals surface area contributed by atoms with Crippen molar-refractivity contribution in [2.75, 3.05) is 37.7 Å². The van der Waals surface area contributed by atoms with Crippen LogP contribution in [0.15, 0.2) is 23.3 Å². The number of rotatable bonds is 6. The van der Waals surface area contributed by atoms with Gasteiger partial charge >= 0.3 is 0 Å². The molecule has 136 valence electrons. The summed E-state index contributed by atoms with van der Waals surface area (Å²) >= 11 is 0. The van der Waals surface area contributed by atoms with Gasteiger partial charge in [-0.25, -0.2) is 9.98 Å². The zero-order chi connectivity index (χ0) is 16.5. The molecular formula is C17H30IN5O. The smallest absolute Gasteiger partial charge is 0.191 e. The first kappa shape index (κ1) is 21.0. The normalized spacial score (nSPS) is 18.0. The van der Waals surface area contributed by atoms with Crippen molar-refractivity contribution in [2.24, 2.45) is 4.99 Å². The van der Waals surface area contributed by atoms with Gasteiger partial charge in [0, 0.05) is 32.4 Å². The summed E-state index contributed by atoms with van der Waals surface area (Å²) in [6.45, 7) is 11.3. The number of aromatic nitrogens is 1. The first-order valence-electron chi connectivity index (χ1n) is 8.56. The Kier molecular flexibility index (Phi) is 10.0. The van der Waals surface area contributed by atoms with E-state index in [1.807, 2.05) is 6.20 Å². The Balaban J connectivity index is 0.00000288. The predicted molar refractivity (Wildman–Crippen MR) is 110 cm³/mol. The van der Waals surface area contributed by atoms with Gasteiger partial charge in [-0.05, 0) is 31.9 Å². The Labute approximate surface area is 162 Å². The highest BCUT2D eigenvalue weighted by Gasteiger charge is 2.17. The van der Waals surface area contributed by atoms with Crippen molar-refractivity contribution in [3.8, 4) is 0 Å². The minimum Gasteiger partial charge on any atom is -0.375 e. The molecule has 0 spiro atoms. The summed E-state index contributed by atoms with van der Waals surface area (Å²) in [5.41, 5.74) is 1.11. The van der Waals surface area contributed by atoms with Gasteiger partial charge in [0.05, 0.1) is 19.3 Å². The van der Waals surface area contributed by atoms with Crippen molar-refractivity contribution in [3.63, 3.8) is 0 Å². The summed E-state index contributed by atoms with van der Waals surface area (Å²) in [5.74, 6) is 1.88. The fourth-order valence-corrected chi connectivity index (χ4v) is 2.48. The van der Waals surface area contributed by atoms with E-state index >= 15 is 0 Å². The van der Waals surface area contributed by atoms with Crippen LogP contribution in [-0.2, 0) is 11.3 Å². The van der Waals surface area contributed by atoms with Crippen LogP contribution in [0, 0.1) is 0 Å². The maximum absolute atomic E-state index is 5.57. The van der Waals surface area contributed by atoms with Gasteiger partial charge in [-0.3, -0.25) is 0 Å². The molecule has 2 rings (SSSR count). The second-order valence-corrected chi connectivity index (χ2v) is 5.77. The first-order chi connectivity index (χ1) is 11.2. The molecule has 0 radical (unpaired) electrons. The number of nitrogens with zero attached hydrogens (tertiary/aromatic N) is 3. The highest BCUT2D eigenvalue weighted by Crippen LogP contribution is 2.15. The molecule has 2 heterocycles. The van der Waals surface area contributed by atoms with E-state index in [2.05, 4.69) is 58.4 Å². The Morgan fingerprint density at radius 1 is 1.38 bits per heavy atom. The number of halogens is 1. The molecule has 1 aliphatic heterocycles. The Bertz CT molecular complexity index is 494. The summed E-state index contributed by atoms with van der Waals surface area (Å²) in [5, 5.41) is 6.56. The zero-order valence-electron chi connectivity index (χ0n) is 14.9. The molecule has 1 atom stereocenters. The van der Waals surface area contributed by atoms with E-state index in [-0.39, 0.29) is 30.1 Å². The highest BCUT2D eigenvalue weighted by atomic mass is 127. The van der Waals surface area contributed by atoms with Crippen LogP contribution >= 0.6 is 24.0 Å². The van der Waals surface area contributed by atoms with Crippen LogP contribution in [0.2, 0.25) is 0 Å². The van der Waals surface area contributed by atoms with Crippen LogP contribution in [0.5, 0.6) is 0 Å². The Morgan fingerprint density at radius 3 is 2.83 bits per heavy atom. The lowest BCUT2D eigenvalue weighted by Gasteiger charge is -2.32. The van der Waals surface area contributed by atoms with E-state index in [0.29, 0.717) is 6.54 Å². The van der Waals surface area contributed by atoms with Gasteiger partial charge in [0.1, 0.15) is 5.82 Å². The largest absolute Gasteiger partial charge is 0.375 e. The van der Waals surface area contributed by atoms with E-state index in [1.165, 1.54) is 0 Å². The highest BCUT2D eigenvalue weighted by molar-refractivity contribution is 14.0. The second kappa shape index (κ2) is 11.5. The van der Waals surface area contributed by atoms with Crippen molar-refractivity contribution in [2.45, 2.75) is 39.8 Å². The molecule has 7 heteroatoms. The van der Waals surface area contributed by atoms with Crippen molar-refractivity contribution in [1.82, 2.24) is 15.6 Å². The molecule has 0 saturated carbocycles. The second-order valence-electron chi connectivity index (χ2n) is 5.77. The number of anilines is 1. The molecule has 0 amide bonds. The number of nitrogens with one attached hydrogen (secondary N) is 2. The Hall–Kier alpha value is -1.09. The maximum Gasteiger partial charge on any atom is 0.191 e. The van der Waals surface area contributed by atoms with Crippen molar-refractivity contribution in [1.29, 1.82) is 0 Å². The average molecular weight is 447 g/mol. The third-order valence-corrected chi connectivity index (χ3v) is 3.68. The lowest BCUT2D eigenvalue weighted by Crippen LogP contribution is -2.41. The monoisotopic (exact) mass is 447 g/mol. The van der Waals surface area contributed by atoms with E-state index in [4.69, 9.17) is 4.74 Å². The zero-order valence-corrected chi connectivity index (χ0v) is 17.2. The summed E-state index contributed by atoms with van der Waals surface area (Å²) in [4.78, 5) is 11.5. The molecule has 1 aliphatic rings. The van der Waals surface area contributed by atoms with Gasteiger partial charge in [0.25, 0.3) is 0 Å². The van der Waals surface area contributed by atoms with Gasteiger partial charge in [0.15, 0.2) is 5.96 Å². The SMILES string of the molecule is CCCNC(=NCc1ccc(N2CCOC(C)C2)nc1)NCC.I. The molecule has 6 nitrogen and oxygen atoms in total. The summed E-state index contributed by atoms with van der Waals surface area (Å²) in [7, 11) is 0. The van der Waals surface area contributed by atoms with E-state index in [1.54, 1.807) is 0 Å². The first-order valence-corrected chi connectivity index (χ1v) is 8.56. The molecule has 1 saturated heterocycles. The molecular weight excluding hydrogens is 417 g/mol. The van der Waals surface area contributed by atoms with E-state index < -0.39 is 0 Å². The minimum absolute atomic E-state index is 0. The third kappa shape index (κ3) is 6.80. The standard InChI is InChI=1S/C17H29N5O.HI/c1-4-8-19-17(18-5-2)21-12-15-6-7-16(20-11-15)22-9-10-23-14(3)13-22;/h6-7,11,14H,4-5,8-10,12-13H2,1-3H3,(H2,18,19,21);1H. The number of pyridine rings is 1. The molecule has 24 heavy (non-hydrogen) atoms. The number of guanidine groups is 1. The van der Waals surface area contributed by atoms with Gasteiger partial charge in [-0.15, -0.1) is 24.0 Å². The number of morpholine rings is 1. The maximum atomic E-state index is 5.57. The fourth-order valence-electron chi connectivity index (χ4n) is 2.48. The van der Waals surface area contributed by atoms with Crippen molar-refractivity contribution < 1.29 is 4.74 Å².